The molecular formula is C10H9N5O2. The van der Waals surface area contributed by atoms with Crippen molar-refractivity contribution in [2.45, 2.75) is 0 Å². The molecule has 0 unspecified atom stereocenters. The molecule has 7 nitrogen and oxygen atoms in total. The second kappa shape index (κ2) is 5.33. The minimum absolute atomic E-state index is 0.00776. The van der Waals surface area contributed by atoms with Gasteiger partial charge in [-0.1, -0.05) is 6.07 Å². The van der Waals surface area contributed by atoms with Crippen LogP contribution in [0.25, 0.3) is 0 Å². The normalized spacial score (nSPS) is 9.06. The van der Waals surface area contributed by atoms with Crippen LogP contribution in [0.1, 0.15) is 0 Å². The number of nitrogens with two attached hydrogens (primary N) is 1. The zero-order chi connectivity index (χ0) is 12.8. The van der Waals surface area contributed by atoms with Gasteiger partial charge < -0.3 is 10.6 Å². The molecule has 0 saturated heterocycles. The molecule has 0 aliphatic heterocycles. The Bertz CT molecular complexity index is 498. The number of nitro benzene ring substituents is 1. The molecule has 1 aromatic rings. The fourth-order valence-electron chi connectivity index (χ4n) is 1.40. The van der Waals surface area contributed by atoms with Gasteiger partial charge in [0.1, 0.15) is 24.5 Å². The van der Waals surface area contributed by atoms with Gasteiger partial charge in [0.25, 0.3) is 0 Å². The lowest BCUT2D eigenvalue weighted by Crippen LogP contribution is -2.24. The summed E-state index contributed by atoms with van der Waals surface area (Å²) in [6.07, 6.45) is 0. The lowest BCUT2D eigenvalue weighted by Gasteiger charge is -2.18. The molecule has 0 bridgehead atoms. The standard InChI is InChI=1S/C10H9N5O2/c11-4-6-14(7-5-12)9-3-1-2-8(13)10(9)15(16)17/h1-3H,6-7,13H2. The maximum atomic E-state index is 10.9. The number of nitro groups is 1. The zero-order valence-electron chi connectivity index (χ0n) is 8.83. The number of nitrogens with zero attached hydrogens (tertiary/aromatic N) is 4. The maximum absolute atomic E-state index is 10.9. The van der Waals surface area contributed by atoms with Crippen LogP contribution >= 0.6 is 0 Å². The first-order chi connectivity index (χ1) is 8.11. The Hall–Kier alpha value is -2.80. The largest absolute Gasteiger partial charge is 0.393 e. The Morgan fingerprint density at radius 2 is 1.94 bits per heavy atom. The van der Waals surface area contributed by atoms with Gasteiger partial charge in [-0.05, 0) is 12.1 Å². The summed E-state index contributed by atoms with van der Waals surface area (Å²) in [6, 6.07) is 8.10. The Morgan fingerprint density at radius 3 is 2.41 bits per heavy atom. The lowest BCUT2D eigenvalue weighted by molar-refractivity contribution is -0.383. The van der Waals surface area contributed by atoms with Gasteiger partial charge >= 0.3 is 5.69 Å². The van der Waals surface area contributed by atoms with Crippen molar-refractivity contribution >= 4 is 17.1 Å². The van der Waals surface area contributed by atoms with Gasteiger partial charge in [-0.3, -0.25) is 10.1 Å². The highest BCUT2D eigenvalue weighted by atomic mass is 16.6. The van der Waals surface area contributed by atoms with E-state index in [0.717, 1.165) is 0 Å². The summed E-state index contributed by atoms with van der Waals surface area (Å²) in [5, 5.41) is 28.1. The highest BCUT2D eigenvalue weighted by molar-refractivity contribution is 5.75. The number of nitrogen functional groups attached to an aromatic ring is 1. The molecule has 0 aliphatic rings. The third kappa shape index (κ3) is 2.61. The first kappa shape index (κ1) is 12.3. The predicted molar refractivity (Wildman–Crippen MR) is 60.9 cm³/mol. The first-order valence-corrected chi connectivity index (χ1v) is 4.63. The molecular weight excluding hydrogens is 222 g/mol. The highest BCUT2D eigenvalue weighted by Gasteiger charge is 2.22. The van der Waals surface area contributed by atoms with Crippen LogP contribution in [-0.2, 0) is 0 Å². The van der Waals surface area contributed by atoms with E-state index in [4.69, 9.17) is 16.3 Å². The van der Waals surface area contributed by atoms with E-state index in [9.17, 15) is 10.1 Å². The van der Waals surface area contributed by atoms with Crippen LogP contribution in [-0.4, -0.2) is 18.0 Å². The van der Waals surface area contributed by atoms with Gasteiger partial charge in [0.15, 0.2) is 0 Å². The fraction of sp³-hybridized carbons (Fsp3) is 0.200. The van der Waals surface area contributed by atoms with Crippen molar-refractivity contribution in [2.75, 3.05) is 23.7 Å². The molecule has 86 valence electrons. The molecule has 17 heavy (non-hydrogen) atoms. The molecule has 0 heterocycles. The Balaban J connectivity index is 3.29. The topological polar surface area (TPSA) is 120 Å². The second-order valence-corrected chi connectivity index (χ2v) is 3.14. The van der Waals surface area contributed by atoms with E-state index >= 15 is 0 Å². The van der Waals surface area contributed by atoms with Gasteiger partial charge in [-0.15, -0.1) is 0 Å². The Morgan fingerprint density at radius 1 is 1.35 bits per heavy atom. The van der Waals surface area contributed by atoms with Crippen LogP contribution in [0, 0.1) is 32.8 Å². The van der Waals surface area contributed by atoms with Crippen LogP contribution in [0.4, 0.5) is 17.1 Å². The summed E-state index contributed by atoms with van der Waals surface area (Å²) in [5.41, 5.74) is 5.43. The Labute approximate surface area is 97.4 Å². The fourth-order valence-corrected chi connectivity index (χ4v) is 1.40. The van der Waals surface area contributed by atoms with Gasteiger partial charge in [-0.2, -0.15) is 10.5 Å². The molecule has 0 radical (unpaired) electrons. The summed E-state index contributed by atoms with van der Waals surface area (Å²) in [5.74, 6) is 0. The van der Waals surface area contributed by atoms with Crippen molar-refractivity contribution in [2.24, 2.45) is 0 Å². The maximum Gasteiger partial charge on any atom is 0.315 e. The SMILES string of the molecule is N#CCN(CC#N)c1cccc(N)c1[N+](=O)[O-]. The van der Waals surface area contributed by atoms with Crippen LogP contribution in [0.2, 0.25) is 0 Å². The third-order valence-electron chi connectivity index (χ3n) is 2.09. The number of rotatable bonds is 4. The van der Waals surface area contributed by atoms with Gasteiger partial charge in [0.2, 0.25) is 0 Å². The van der Waals surface area contributed by atoms with E-state index in [1.165, 1.54) is 17.0 Å². The summed E-state index contributed by atoms with van der Waals surface area (Å²) in [6.45, 7) is -0.226. The molecule has 1 aromatic carbocycles. The molecule has 0 spiro atoms. The number of hydrogen-bond donors (Lipinski definition) is 1. The minimum Gasteiger partial charge on any atom is -0.393 e. The van der Waals surface area contributed by atoms with Crippen molar-refractivity contribution in [3.8, 4) is 12.1 Å². The molecule has 2 N–H and O–H groups in total. The number of benzene rings is 1. The van der Waals surface area contributed by atoms with E-state index in [-0.39, 0.29) is 30.2 Å². The third-order valence-corrected chi connectivity index (χ3v) is 2.09. The van der Waals surface area contributed by atoms with Crippen LogP contribution in [0.15, 0.2) is 18.2 Å². The van der Waals surface area contributed by atoms with Gasteiger partial charge in [0.05, 0.1) is 17.1 Å². The quantitative estimate of drug-likeness (QED) is 0.357. The number of para-hydroxylation sites is 1. The van der Waals surface area contributed by atoms with Crippen molar-refractivity contribution in [3.63, 3.8) is 0 Å². The van der Waals surface area contributed by atoms with E-state index in [0.29, 0.717) is 0 Å². The molecule has 0 fully saturated rings. The predicted octanol–water partition coefficient (Wildman–Crippen LogP) is 1.03. The number of anilines is 2. The smallest absolute Gasteiger partial charge is 0.315 e. The lowest BCUT2D eigenvalue weighted by atomic mass is 10.2. The summed E-state index contributed by atoms with van der Waals surface area (Å²) >= 11 is 0. The van der Waals surface area contributed by atoms with E-state index in [1.807, 2.05) is 12.1 Å². The van der Waals surface area contributed by atoms with Gasteiger partial charge in [0, 0.05) is 0 Å². The first-order valence-electron chi connectivity index (χ1n) is 4.63. The minimum atomic E-state index is -0.619. The molecule has 0 amide bonds. The van der Waals surface area contributed by atoms with Crippen LogP contribution < -0.4 is 10.6 Å². The molecule has 1 rings (SSSR count). The van der Waals surface area contributed by atoms with E-state index < -0.39 is 4.92 Å². The number of hydrogen-bond acceptors (Lipinski definition) is 6. The van der Waals surface area contributed by atoms with Crippen LogP contribution in [0.5, 0.6) is 0 Å². The second-order valence-electron chi connectivity index (χ2n) is 3.14. The Kier molecular flexibility index (Phi) is 3.85. The molecule has 0 atom stereocenters. The van der Waals surface area contributed by atoms with Crippen molar-refractivity contribution in [1.29, 1.82) is 10.5 Å². The monoisotopic (exact) mass is 231 g/mol. The molecule has 0 saturated carbocycles. The molecule has 7 heteroatoms. The van der Waals surface area contributed by atoms with E-state index in [2.05, 4.69) is 0 Å². The number of nitriles is 2. The molecule has 0 aliphatic carbocycles. The van der Waals surface area contributed by atoms with Gasteiger partial charge in [-0.25, -0.2) is 0 Å². The molecule has 0 aromatic heterocycles. The van der Waals surface area contributed by atoms with Crippen molar-refractivity contribution in [1.82, 2.24) is 0 Å². The average Bonchev–Trinajstić information content (AvgIpc) is 2.28. The van der Waals surface area contributed by atoms with E-state index in [1.54, 1.807) is 6.07 Å². The van der Waals surface area contributed by atoms with Crippen molar-refractivity contribution in [3.05, 3.63) is 28.3 Å². The summed E-state index contributed by atoms with van der Waals surface area (Å²) in [4.78, 5) is 11.6. The zero-order valence-corrected chi connectivity index (χ0v) is 8.83. The van der Waals surface area contributed by atoms with Crippen molar-refractivity contribution < 1.29 is 4.92 Å². The summed E-state index contributed by atoms with van der Waals surface area (Å²) in [7, 11) is 0. The van der Waals surface area contributed by atoms with Crippen LogP contribution in [0.3, 0.4) is 0 Å². The average molecular weight is 231 g/mol. The summed E-state index contributed by atoms with van der Waals surface area (Å²) < 4.78 is 0. The highest BCUT2D eigenvalue weighted by Crippen LogP contribution is 2.33.